The molecule has 1 heterocycles. The van der Waals surface area contributed by atoms with Gasteiger partial charge in [0.15, 0.2) is 5.82 Å². The van der Waals surface area contributed by atoms with Crippen LogP contribution in [0.2, 0.25) is 5.02 Å². The first-order valence-electron chi connectivity index (χ1n) is 4.10. The maximum atomic E-state index is 13.5. The van der Waals surface area contributed by atoms with Crippen LogP contribution in [-0.2, 0) is 0 Å². The summed E-state index contributed by atoms with van der Waals surface area (Å²) in [4.78, 5) is 7.43. The fourth-order valence-corrected chi connectivity index (χ4v) is 1.36. The lowest BCUT2D eigenvalue weighted by Crippen LogP contribution is -1.93. The van der Waals surface area contributed by atoms with Gasteiger partial charge < -0.3 is 0 Å². The van der Waals surface area contributed by atoms with Crippen molar-refractivity contribution in [1.82, 2.24) is 9.97 Å². The summed E-state index contributed by atoms with van der Waals surface area (Å²) < 4.78 is 26.9. The van der Waals surface area contributed by atoms with Gasteiger partial charge in [-0.25, -0.2) is 18.7 Å². The summed E-state index contributed by atoms with van der Waals surface area (Å²) in [5.41, 5.74) is -0.0626. The van der Waals surface area contributed by atoms with Crippen LogP contribution in [0.1, 0.15) is 0 Å². The van der Waals surface area contributed by atoms with E-state index in [-0.39, 0.29) is 16.3 Å². The molecular formula is C10H5ClF2N2. The molecule has 2 nitrogen and oxygen atoms in total. The van der Waals surface area contributed by atoms with Gasteiger partial charge in [-0.1, -0.05) is 11.6 Å². The Morgan fingerprint density at radius 1 is 1.13 bits per heavy atom. The van der Waals surface area contributed by atoms with Crippen LogP contribution < -0.4 is 0 Å². The summed E-state index contributed by atoms with van der Waals surface area (Å²) in [5.74, 6) is -1.51. The van der Waals surface area contributed by atoms with Crippen molar-refractivity contribution in [2.24, 2.45) is 0 Å². The lowest BCUT2D eigenvalue weighted by molar-refractivity contribution is 0.589. The molecule has 5 heteroatoms. The number of nitrogens with zero attached hydrogens (tertiary/aromatic N) is 2. The molecule has 0 aliphatic carbocycles. The number of halogens is 3. The molecule has 0 amide bonds. The maximum Gasteiger partial charge on any atom is 0.154 e. The minimum Gasteiger partial charge on any atom is -0.245 e. The van der Waals surface area contributed by atoms with E-state index in [1.165, 1.54) is 18.6 Å². The topological polar surface area (TPSA) is 25.8 Å². The number of rotatable bonds is 1. The van der Waals surface area contributed by atoms with Crippen molar-refractivity contribution >= 4 is 11.6 Å². The standard InChI is InChI=1S/C10H5ClF2N2/c11-6-1-2-7(12)9(10(6)13)8-3-4-14-5-15-8/h1-5H. The monoisotopic (exact) mass is 226 g/mol. The second-order valence-electron chi connectivity index (χ2n) is 2.81. The van der Waals surface area contributed by atoms with Crippen LogP contribution in [0.25, 0.3) is 11.3 Å². The lowest BCUT2D eigenvalue weighted by Gasteiger charge is -2.04. The van der Waals surface area contributed by atoms with E-state index in [2.05, 4.69) is 9.97 Å². The van der Waals surface area contributed by atoms with Gasteiger partial charge in [-0.3, -0.25) is 0 Å². The van der Waals surface area contributed by atoms with E-state index in [0.29, 0.717) is 0 Å². The smallest absolute Gasteiger partial charge is 0.154 e. The number of aromatic nitrogens is 2. The molecule has 1 aromatic heterocycles. The van der Waals surface area contributed by atoms with Gasteiger partial charge in [0.1, 0.15) is 12.1 Å². The Balaban J connectivity index is 2.68. The fourth-order valence-electron chi connectivity index (χ4n) is 1.20. The Morgan fingerprint density at radius 2 is 1.93 bits per heavy atom. The van der Waals surface area contributed by atoms with E-state index in [1.807, 2.05) is 0 Å². The Kier molecular flexibility index (Phi) is 2.60. The predicted octanol–water partition coefficient (Wildman–Crippen LogP) is 3.08. The van der Waals surface area contributed by atoms with E-state index >= 15 is 0 Å². The van der Waals surface area contributed by atoms with Crippen molar-refractivity contribution in [3.05, 3.63) is 47.4 Å². The molecular weight excluding hydrogens is 222 g/mol. The molecule has 0 fully saturated rings. The molecule has 0 saturated heterocycles. The molecule has 0 unspecified atom stereocenters. The first kappa shape index (κ1) is 9.98. The maximum absolute atomic E-state index is 13.5. The van der Waals surface area contributed by atoms with Crippen LogP contribution in [-0.4, -0.2) is 9.97 Å². The summed E-state index contributed by atoms with van der Waals surface area (Å²) >= 11 is 5.55. The highest BCUT2D eigenvalue weighted by atomic mass is 35.5. The highest BCUT2D eigenvalue weighted by molar-refractivity contribution is 6.31. The molecule has 0 atom stereocenters. The van der Waals surface area contributed by atoms with Gasteiger partial charge in [0.05, 0.1) is 16.3 Å². The molecule has 76 valence electrons. The van der Waals surface area contributed by atoms with Gasteiger partial charge in [0, 0.05) is 6.20 Å². The summed E-state index contributed by atoms with van der Waals surface area (Å²) in [6, 6.07) is 3.68. The van der Waals surface area contributed by atoms with Gasteiger partial charge >= 0.3 is 0 Å². The van der Waals surface area contributed by atoms with Crippen LogP contribution in [0, 0.1) is 11.6 Å². The van der Waals surface area contributed by atoms with Crippen LogP contribution in [0.4, 0.5) is 8.78 Å². The second kappa shape index (κ2) is 3.90. The predicted molar refractivity (Wildman–Crippen MR) is 52.4 cm³/mol. The van der Waals surface area contributed by atoms with Crippen molar-refractivity contribution in [3.8, 4) is 11.3 Å². The van der Waals surface area contributed by atoms with E-state index in [4.69, 9.17) is 11.6 Å². The molecule has 0 aliphatic rings. The summed E-state index contributed by atoms with van der Waals surface area (Å²) in [5, 5.41) is -0.134. The molecule has 2 rings (SSSR count). The first-order chi connectivity index (χ1) is 7.20. The lowest BCUT2D eigenvalue weighted by atomic mass is 10.1. The third-order valence-electron chi connectivity index (χ3n) is 1.88. The molecule has 1 aromatic carbocycles. The van der Waals surface area contributed by atoms with Crippen LogP contribution in [0.3, 0.4) is 0 Å². The number of benzene rings is 1. The normalized spacial score (nSPS) is 10.3. The van der Waals surface area contributed by atoms with E-state index in [9.17, 15) is 8.78 Å². The number of hydrogen-bond acceptors (Lipinski definition) is 2. The number of hydrogen-bond donors (Lipinski definition) is 0. The Labute approximate surface area is 89.6 Å². The van der Waals surface area contributed by atoms with Gasteiger partial charge in [0.2, 0.25) is 0 Å². The Morgan fingerprint density at radius 3 is 2.60 bits per heavy atom. The van der Waals surface area contributed by atoms with Gasteiger partial charge in [-0.15, -0.1) is 0 Å². The zero-order valence-corrected chi connectivity index (χ0v) is 8.17. The van der Waals surface area contributed by atoms with Gasteiger partial charge in [0.25, 0.3) is 0 Å². The molecule has 2 aromatic rings. The zero-order valence-electron chi connectivity index (χ0n) is 7.42. The van der Waals surface area contributed by atoms with Crippen molar-refractivity contribution in [1.29, 1.82) is 0 Å². The molecule has 0 radical (unpaired) electrons. The van der Waals surface area contributed by atoms with E-state index < -0.39 is 11.6 Å². The molecule has 0 N–H and O–H groups in total. The first-order valence-corrected chi connectivity index (χ1v) is 4.48. The molecule has 0 aliphatic heterocycles. The SMILES string of the molecule is Fc1ccc(Cl)c(F)c1-c1ccncn1. The molecule has 0 saturated carbocycles. The van der Waals surface area contributed by atoms with Crippen LogP contribution in [0.5, 0.6) is 0 Å². The largest absolute Gasteiger partial charge is 0.245 e. The van der Waals surface area contributed by atoms with Crippen molar-refractivity contribution in [2.45, 2.75) is 0 Å². The Bertz CT molecular complexity index is 488. The second-order valence-corrected chi connectivity index (χ2v) is 3.22. The third-order valence-corrected chi connectivity index (χ3v) is 2.17. The average molecular weight is 227 g/mol. The quantitative estimate of drug-likeness (QED) is 0.699. The van der Waals surface area contributed by atoms with E-state index in [0.717, 1.165) is 12.1 Å². The van der Waals surface area contributed by atoms with E-state index in [1.54, 1.807) is 0 Å². The zero-order chi connectivity index (χ0) is 10.8. The third kappa shape index (κ3) is 1.80. The van der Waals surface area contributed by atoms with Gasteiger partial charge in [-0.2, -0.15) is 0 Å². The van der Waals surface area contributed by atoms with Crippen molar-refractivity contribution < 1.29 is 8.78 Å². The highest BCUT2D eigenvalue weighted by Gasteiger charge is 2.15. The van der Waals surface area contributed by atoms with Gasteiger partial charge in [-0.05, 0) is 18.2 Å². The average Bonchev–Trinajstić information content (AvgIpc) is 2.26. The molecule has 0 bridgehead atoms. The van der Waals surface area contributed by atoms with Crippen LogP contribution >= 0.6 is 11.6 Å². The Hall–Kier alpha value is -1.55. The summed E-state index contributed by atoms with van der Waals surface area (Å²) in [6.07, 6.45) is 2.62. The van der Waals surface area contributed by atoms with Crippen LogP contribution in [0.15, 0.2) is 30.7 Å². The minimum absolute atomic E-state index is 0.134. The van der Waals surface area contributed by atoms with Crippen molar-refractivity contribution in [2.75, 3.05) is 0 Å². The molecule has 0 spiro atoms. The summed E-state index contributed by atoms with van der Waals surface area (Å²) in [6.45, 7) is 0. The fraction of sp³-hybridized carbons (Fsp3) is 0. The van der Waals surface area contributed by atoms with Crippen molar-refractivity contribution in [3.63, 3.8) is 0 Å². The summed E-state index contributed by atoms with van der Waals surface area (Å²) in [7, 11) is 0. The molecule has 15 heavy (non-hydrogen) atoms. The highest BCUT2D eigenvalue weighted by Crippen LogP contribution is 2.28. The minimum atomic E-state index is -0.810.